The molecule has 0 spiro atoms. The molecule has 1 saturated heterocycles. The van der Waals surface area contributed by atoms with Gasteiger partial charge in [-0.2, -0.15) is 0 Å². The number of carbonyl (C=O) groups excluding carboxylic acids is 2. The number of hydrogen-bond donors (Lipinski definition) is 1. The van der Waals surface area contributed by atoms with Gasteiger partial charge in [0.25, 0.3) is 11.7 Å². The average molecular weight is 415 g/mol. The number of rotatable bonds is 5. The number of ketones is 1. The number of amides is 1. The van der Waals surface area contributed by atoms with Crippen LogP contribution in [0.25, 0.3) is 5.76 Å². The van der Waals surface area contributed by atoms with E-state index in [0.29, 0.717) is 40.8 Å². The summed E-state index contributed by atoms with van der Waals surface area (Å²) in [5.41, 5.74) is 1.59. The number of aromatic nitrogens is 2. The fraction of sp³-hybridized carbons (Fsp3) is 0.333. The zero-order valence-corrected chi connectivity index (χ0v) is 17.6. The molecule has 1 fully saturated rings. The monoisotopic (exact) mass is 414 g/mol. The molecule has 1 N–H and O–H groups in total. The molecule has 0 radical (unpaired) electrons. The summed E-state index contributed by atoms with van der Waals surface area (Å²) >= 11 is 6.01. The van der Waals surface area contributed by atoms with Gasteiger partial charge in [0.2, 0.25) is 0 Å². The van der Waals surface area contributed by atoms with Crippen molar-refractivity contribution in [1.29, 1.82) is 0 Å². The van der Waals surface area contributed by atoms with Gasteiger partial charge in [-0.1, -0.05) is 23.7 Å². The third-order valence-corrected chi connectivity index (χ3v) is 5.12. The molecule has 1 atom stereocenters. The van der Waals surface area contributed by atoms with Crippen molar-refractivity contribution >= 4 is 29.1 Å². The quantitative estimate of drug-likeness (QED) is 0.460. The molecule has 152 valence electrons. The maximum Gasteiger partial charge on any atom is 0.295 e. The highest BCUT2D eigenvalue weighted by Gasteiger charge is 2.46. The van der Waals surface area contributed by atoms with Gasteiger partial charge in [0.15, 0.2) is 0 Å². The molecule has 29 heavy (non-hydrogen) atoms. The van der Waals surface area contributed by atoms with Crippen molar-refractivity contribution < 1.29 is 14.7 Å². The van der Waals surface area contributed by atoms with Gasteiger partial charge >= 0.3 is 0 Å². The minimum absolute atomic E-state index is 0.0339. The Kier molecular flexibility index (Phi) is 6.00. The van der Waals surface area contributed by atoms with Crippen LogP contribution in [0.5, 0.6) is 0 Å². The van der Waals surface area contributed by atoms with Crippen molar-refractivity contribution in [3.63, 3.8) is 0 Å². The predicted molar refractivity (Wildman–Crippen MR) is 111 cm³/mol. The summed E-state index contributed by atoms with van der Waals surface area (Å²) in [7, 11) is 3.78. The zero-order chi connectivity index (χ0) is 21.3. The van der Waals surface area contributed by atoms with Crippen LogP contribution in [-0.2, 0) is 9.59 Å². The molecule has 3 rings (SSSR count). The summed E-state index contributed by atoms with van der Waals surface area (Å²) in [5, 5.41) is 11.6. The fourth-order valence-electron chi connectivity index (χ4n) is 3.37. The van der Waals surface area contributed by atoms with Crippen LogP contribution in [0, 0.1) is 13.8 Å². The maximum absolute atomic E-state index is 12.9. The average Bonchev–Trinajstić information content (AvgIpc) is 2.91. The standard InChI is InChI=1S/C21H23ClN4O3/c1-12-16(11-23-13(2)24-12)19(27)17-18(14-5-7-15(22)8-6-14)26(10-9-25(3)4)21(29)20(17)28/h5-8,11,18,27H,9-10H2,1-4H3/b19-17+/t18-/m1/s1. The van der Waals surface area contributed by atoms with E-state index in [0.717, 1.165) is 0 Å². The molecule has 1 aliphatic heterocycles. The first-order valence-corrected chi connectivity index (χ1v) is 9.57. The van der Waals surface area contributed by atoms with Crippen LogP contribution < -0.4 is 0 Å². The van der Waals surface area contributed by atoms with Gasteiger partial charge in [0.1, 0.15) is 11.6 Å². The van der Waals surface area contributed by atoms with Crippen molar-refractivity contribution in [2.75, 3.05) is 27.2 Å². The molecule has 8 heteroatoms. The minimum atomic E-state index is -0.721. The SMILES string of the molecule is Cc1ncc(/C(O)=C2\C(=O)C(=O)N(CCN(C)C)[C@@H]2c2ccc(Cl)cc2)c(C)n1. The number of likely N-dealkylation sites (tertiary alicyclic amines) is 1. The number of likely N-dealkylation sites (N-methyl/N-ethyl adjacent to an activating group) is 1. The summed E-state index contributed by atoms with van der Waals surface area (Å²) < 4.78 is 0. The molecule has 1 aromatic carbocycles. The number of hydrogen-bond acceptors (Lipinski definition) is 6. The molecule has 0 saturated carbocycles. The lowest BCUT2D eigenvalue weighted by atomic mass is 9.95. The van der Waals surface area contributed by atoms with Gasteiger partial charge in [0, 0.05) is 24.3 Å². The summed E-state index contributed by atoms with van der Waals surface area (Å²) in [6.07, 6.45) is 1.47. The van der Waals surface area contributed by atoms with Crippen molar-refractivity contribution in [3.8, 4) is 0 Å². The summed E-state index contributed by atoms with van der Waals surface area (Å²) in [6.45, 7) is 4.38. The van der Waals surface area contributed by atoms with Gasteiger partial charge in [-0.3, -0.25) is 9.59 Å². The normalized spacial score (nSPS) is 18.7. The summed E-state index contributed by atoms with van der Waals surface area (Å²) in [6, 6.07) is 6.19. The van der Waals surface area contributed by atoms with Crippen LogP contribution in [0.1, 0.15) is 28.7 Å². The molecule has 7 nitrogen and oxygen atoms in total. The number of halogens is 1. The second-order valence-electron chi connectivity index (χ2n) is 7.26. The van der Waals surface area contributed by atoms with Gasteiger partial charge < -0.3 is 14.9 Å². The number of aliphatic hydroxyl groups is 1. The third kappa shape index (κ3) is 4.16. The van der Waals surface area contributed by atoms with Crippen molar-refractivity contribution in [3.05, 3.63) is 63.7 Å². The number of Topliss-reactive ketones (excluding diaryl/α,β-unsaturated/α-hetero) is 1. The number of carbonyl (C=O) groups is 2. The Morgan fingerprint density at radius 3 is 2.45 bits per heavy atom. The predicted octanol–water partition coefficient (Wildman–Crippen LogP) is 2.73. The molecule has 2 heterocycles. The zero-order valence-electron chi connectivity index (χ0n) is 16.8. The first-order chi connectivity index (χ1) is 13.7. The topological polar surface area (TPSA) is 86.6 Å². The van der Waals surface area contributed by atoms with E-state index >= 15 is 0 Å². The number of nitrogens with zero attached hydrogens (tertiary/aromatic N) is 4. The first-order valence-electron chi connectivity index (χ1n) is 9.20. The second-order valence-corrected chi connectivity index (χ2v) is 7.70. The summed E-state index contributed by atoms with van der Waals surface area (Å²) in [4.78, 5) is 37.5. The van der Waals surface area contributed by atoms with Gasteiger partial charge in [0.05, 0.1) is 22.9 Å². The highest BCUT2D eigenvalue weighted by Crippen LogP contribution is 2.39. The van der Waals surface area contributed by atoms with Gasteiger partial charge in [-0.25, -0.2) is 9.97 Å². The molecule has 1 amide bonds. The van der Waals surface area contributed by atoms with E-state index in [9.17, 15) is 14.7 Å². The molecule has 1 aromatic heterocycles. The van der Waals surface area contributed by atoms with Crippen LogP contribution in [0.15, 0.2) is 36.0 Å². The third-order valence-electron chi connectivity index (χ3n) is 4.87. The van der Waals surface area contributed by atoms with Crippen LogP contribution >= 0.6 is 11.6 Å². The minimum Gasteiger partial charge on any atom is -0.507 e. The molecular weight excluding hydrogens is 392 g/mol. The van der Waals surface area contributed by atoms with E-state index in [1.54, 1.807) is 38.1 Å². The Hall–Kier alpha value is -2.77. The molecule has 1 aliphatic rings. The first kappa shape index (κ1) is 21.0. The lowest BCUT2D eigenvalue weighted by molar-refractivity contribution is -0.140. The Morgan fingerprint density at radius 1 is 1.21 bits per heavy atom. The Morgan fingerprint density at radius 2 is 1.86 bits per heavy atom. The van der Waals surface area contributed by atoms with Gasteiger partial charge in [-0.15, -0.1) is 0 Å². The number of benzene rings is 1. The smallest absolute Gasteiger partial charge is 0.295 e. The van der Waals surface area contributed by atoms with Crippen molar-refractivity contribution in [2.24, 2.45) is 0 Å². The van der Waals surface area contributed by atoms with Crippen LogP contribution in [-0.4, -0.2) is 63.7 Å². The molecule has 0 bridgehead atoms. The number of aryl methyl sites for hydroxylation is 2. The van der Waals surface area contributed by atoms with E-state index in [-0.39, 0.29) is 11.3 Å². The maximum atomic E-state index is 12.9. The van der Waals surface area contributed by atoms with Crippen molar-refractivity contribution in [1.82, 2.24) is 19.8 Å². The lowest BCUT2D eigenvalue weighted by Gasteiger charge is -2.26. The molecule has 0 unspecified atom stereocenters. The van der Waals surface area contributed by atoms with E-state index in [2.05, 4.69) is 9.97 Å². The van der Waals surface area contributed by atoms with E-state index < -0.39 is 17.7 Å². The van der Waals surface area contributed by atoms with Gasteiger partial charge in [-0.05, 0) is 45.6 Å². The highest BCUT2D eigenvalue weighted by molar-refractivity contribution is 6.46. The van der Waals surface area contributed by atoms with Crippen molar-refractivity contribution in [2.45, 2.75) is 19.9 Å². The largest absolute Gasteiger partial charge is 0.507 e. The van der Waals surface area contributed by atoms with E-state index in [1.165, 1.54) is 11.1 Å². The summed E-state index contributed by atoms with van der Waals surface area (Å²) in [5.74, 6) is -1.08. The van der Waals surface area contributed by atoms with E-state index in [1.807, 2.05) is 19.0 Å². The Balaban J connectivity index is 2.17. The Labute approximate surface area is 174 Å². The molecular formula is C21H23ClN4O3. The lowest BCUT2D eigenvalue weighted by Crippen LogP contribution is -2.35. The van der Waals surface area contributed by atoms with E-state index in [4.69, 9.17) is 11.6 Å². The molecule has 2 aromatic rings. The fourth-order valence-corrected chi connectivity index (χ4v) is 3.50. The Bertz CT molecular complexity index is 986. The molecule has 0 aliphatic carbocycles. The van der Waals surface area contributed by atoms with Crippen LogP contribution in [0.4, 0.5) is 0 Å². The second kappa shape index (κ2) is 8.31. The van der Waals surface area contributed by atoms with Crippen LogP contribution in [0.2, 0.25) is 5.02 Å². The highest BCUT2D eigenvalue weighted by atomic mass is 35.5. The van der Waals surface area contributed by atoms with Crippen LogP contribution in [0.3, 0.4) is 0 Å². The number of aliphatic hydroxyl groups excluding tert-OH is 1.